The van der Waals surface area contributed by atoms with Gasteiger partial charge in [0.1, 0.15) is 17.2 Å². The Labute approximate surface area is 126 Å². The molecule has 0 saturated carbocycles. The van der Waals surface area contributed by atoms with E-state index in [1.807, 2.05) is 0 Å². The van der Waals surface area contributed by atoms with Crippen molar-refractivity contribution in [2.24, 2.45) is 0 Å². The standard InChI is InChI=1S/C11H5BrCl2N4O/c12-7-3-6(13)1-2-8(7)19-10-4-9(14)17-11-15-5-16-18(10)11/h1-5H. The third-order valence-corrected chi connectivity index (χ3v) is 3.34. The highest BCUT2D eigenvalue weighted by molar-refractivity contribution is 9.10. The zero-order chi connectivity index (χ0) is 13.4. The lowest BCUT2D eigenvalue weighted by atomic mass is 10.3. The summed E-state index contributed by atoms with van der Waals surface area (Å²) in [5.74, 6) is 1.37. The molecule has 0 aliphatic carbocycles. The quantitative estimate of drug-likeness (QED) is 0.649. The van der Waals surface area contributed by atoms with Gasteiger partial charge in [-0.25, -0.2) is 0 Å². The van der Waals surface area contributed by atoms with Crippen LogP contribution < -0.4 is 4.74 Å². The third-order valence-electron chi connectivity index (χ3n) is 2.30. The Hall–Kier alpha value is -1.37. The lowest BCUT2D eigenvalue weighted by molar-refractivity contribution is 0.443. The summed E-state index contributed by atoms with van der Waals surface area (Å²) in [7, 11) is 0. The number of aromatic nitrogens is 4. The van der Waals surface area contributed by atoms with Crippen molar-refractivity contribution in [2.45, 2.75) is 0 Å². The summed E-state index contributed by atoms with van der Waals surface area (Å²) in [6.07, 6.45) is 1.38. The lowest BCUT2D eigenvalue weighted by Crippen LogP contribution is -1.98. The molecule has 0 fully saturated rings. The number of nitrogens with zero attached hydrogens (tertiary/aromatic N) is 4. The van der Waals surface area contributed by atoms with Gasteiger partial charge in [0.25, 0.3) is 5.78 Å². The van der Waals surface area contributed by atoms with Gasteiger partial charge < -0.3 is 4.74 Å². The summed E-state index contributed by atoms with van der Waals surface area (Å²) >= 11 is 15.2. The molecule has 5 nitrogen and oxygen atoms in total. The molecule has 3 rings (SSSR count). The van der Waals surface area contributed by atoms with Crippen LogP contribution in [0.15, 0.2) is 35.1 Å². The van der Waals surface area contributed by atoms with Crippen LogP contribution in [0, 0.1) is 0 Å². The van der Waals surface area contributed by atoms with E-state index in [1.54, 1.807) is 24.3 Å². The molecule has 19 heavy (non-hydrogen) atoms. The van der Waals surface area contributed by atoms with E-state index >= 15 is 0 Å². The smallest absolute Gasteiger partial charge is 0.256 e. The molecule has 0 amide bonds. The molecule has 0 atom stereocenters. The van der Waals surface area contributed by atoms with Crippen LogP contribution in [0.25, 0.3) is 5.78 Å². The second kappa shape index (κ2) is 4.96. The first-order chi connectivity index (χ1) is 9.13. The van der Waals surface area contributed by atoms with Gasteiger partial charge in [-0.3, -0.25) is 0 Å². The molecular weight excluding hydrogens is 355 g/mol. The molecular formula is C11H5BrCl2N4O. The molecule has 0 spiro atoms. The number of benzene rings is 1. The van der Waals surface area contributed by atoms with Crippen molar-refractivity contribution in [3.8, 4) is 11.6 Å². The fourth-order valence-electron chi connectivity index (χ4n) is 1.50. The van der Waals surface area contributed by atoms with E-state index in [1.165, 1.54) is 10.8 Å². The normalized spacial score (nSPS) is 10.9. The summed E-state index contributed by atoms with van der Waals surface area (Å²) in [4.78, 5) is 7.98. The molecule has 8 heteroatoms. The van der Waals surface area contributed by atoms with Crippen molar-refractivity contribution < 1.29 is 4.74 Å². The van der Waals surface area contributed by atoms with Crippen LogP contribution in [0.4, 0.5) is 0 Å². The van der Waals surface area contributed by atoms with Crippen LogP contribution in [-0.4, -0.2) is 19.6 Å². The van der Waals surface area contributed by atoms with Crippen molar-refractivity contribution in [1.82, 2.24) is 19.6 Å². The summed E-state index contributed by atoms with van der Waals surface area (Å²) in [6.45, 7) is 0. The lowest BCUT2D eigenvalue weighted by Gasteiger charge is -2.08. The van der Waals surface area contributed by atoms with Crippen LogP contribution >= 0.6 is 39.1 Å². The number of hydrogen-bond acceptors (Lipinski definition) is 4. The Morgan fingerprint density at radius 3 is 2.84 bits per heavy atom. The van der Waals surface area contributed by atoms with Crippen LogP contribution in [0.2, 0.25) is 10.2 Å². The minimum atomic E-state index is 0.278. The first kappa shape index (κ1) is 12.7. The van der Waals surface area contributed by atoms with E-state index in [9.17, 15) is 0 Å². The van der Waals surface area contributed by atoms with Crippen molar-refractivity contribution in [3.05, 3.63) is 45.2 Å². The fraction of sp³-hybridized carbons (Fsp3) is 0. The van der Waals surface area contributed by atoms with Gasteiger partial charge in [-0.2, -0.15) is 19.6 Å². The zero-order valence-corrected chi connectivity index (χ0v) is 12.3. The molecule has 0 radical (unpaired) electrons. The number of rotatable bonds is 2. The topological polar surface area (TPSA) is 52.3 Å². The minimum Gasteiger partial charge on any atom is -0.438 e. The highest BCUT2D eigenvalue weighted by Crippen LogP contribution is 2.32. The van der Waals surface area contributed by atoms with E-state index in [4.69, 9.17) is 27.9 Å². The van der Waals surface area contributed by atoms with Crippen molar-refractivity contribution in [2.75, 3.05) is 0 Å². The van der Waals surface area contributed by atoms with Gasteiger partial charge in [-0.1, -0.05) is 23.2 Å². The third kappa shape index (κ3) is 2.51. The van der Waals surface area contributed by atoms with Crippen LogP contribution in [0.5, 0.6) is 11.6 Å². The molecule has 2 heterocycles. The maximum Gasteiger partial charge on any atom is 0.256 e. The Kier molecular flexibility index (Phi) is 3.30. The first-order valence-corrected chi connectivity index (χ1v) is 6.67. The number of ether oxygens (including phenoxy) is 1. The van der Waals surface area contributed by atoms with Gasteiger partial charge in [0.2, 0.25) is 5.88 Å². The van der Waals surface area contributed by atoms with Crippen molar-refractivity contribution in [3.63, 3.8) is 0 Å². The van der Waals surface area contributed by atoms with Crippen molar-refractivity contribution in [1.29, 1.82) is 0 Å². The SMILES string of the molecule is Clc1ccc(Oc2cc(Cl)nc3ncnn23)c(Br)c1. The number of halogens is 3. The predicted octanol–water partition coefficient (Wildman–Crippen LogP) is 3.99. The number of fused-ring (bicyclic) bond motifs is 1. The Balaban J connectivity index is 2.07. The molecule has 0 saturated heterocycles. The molecule has 0 N–H and O–H groups in total. The molecule has 2 aromatic heterocycles. The fourth-order valence-corrected chi connectivity index (χ4v) is 2.43. The van der Waals surface area contributed by atoms with E-state index < -0.39 is 0 Å². The second-order valence-corrected chi connectivity index (χ2v) is 5.24. The first-order valence-electron chi connectivity index (χ1n) is 5.13. The highest BCUT2D eigenvalue weighted by Gasteiger charge is 2.10. The molecule has 1 aromatic carbocycles. The van der Waals surface area contributed by atoms with Gasteiger partial charge >= 0.3 is 0 Å². The summed E-state index contributed by atoms with van der Waals surface area (Å²) in [6, 6.07) is 6.76. The summed E-state index contributed by atoms with van der Waals surface area (Å²) < 4.78 is 7.92. The minimum absolute atomic E-state index is 0.278. The predicted molar refractivity (Wildman–Crippen MR) is 75.0 cm³/mol. The van der Waals surface area contributed by atoms with Gasteiger partial charge in [0.15, 0.2) is 0 Å². The average Bonchev–Trinajstić information content (AvgIpc) is 2.80. The van der Waals surface area contributed by atoms with Crippen LogP contribution in [0.1, 0.15) is 0 Å². The molecule has 0 unspecified atom stereocenters. The maximum atomic E-state index is 5.91. The zero-order valence-electron chi connectivity index (χ0n) is 9.22. The molecule has 3 aromatic rings. The van der Waals surface area contributed by atoms with Crippen LogP contribution in [-0.2, 0) is 0 Å². The Morgan fingerprint density at radius 1 is 1.21 bits per heavy atom. The Bertz CT molecular complexity index is 762. The Morgan fingerprint density at radius 2 is 2.05 bits per heavy atom. The molecule has 0 bridgehead atoms. The summed E-state index contributed by atoms with van der Waals surface area (Å²) in [5.41, 5.74) is 0. The second-order valence-electron chi connectivity index (χ2n) is 3.57. The summed E-state index contributed by atoms with van der Waals surface area (Å²) in [5, 5.41) is 4.91. The number of hydrogen-bond donors (Lipinski definition) is 0. The van der Waals surface area contributed by atoms with E-state index in [0.29, 0.717) is 22.4 Å². The van der Waals surface area contributed by atoms with Gasteiger partial charge in [0.05, 0.1) is 4.47 Å². The molecule has 96 valence electrons. The average molecular weight is 360 g/mol. The highest BCUT2D eigenvalue weighted by atomic mass is 79.9. The van der Waals surface area contributed by atoms with Crippen molar-refractivity contribution >= 4 is 44.9 Å². The van der Waals surface area contributed by atoms with Crippen LogP contribution in [0.3, 0.4) is 0 Å². The monoisotopic (exact) mass is 358 g/mol. The largest absolute Gasteiger partial charge is 0.438 e. The van der Waals surface area contributed by atoms with E-state index in [0.717, 1.165) is 4.47 Å². The van der Waals surface area contributed by atoms with E-state index in [-0.39, 0.29) is 5.15 Å². The van der Waals surface area contributed by atoms with Gasteiger partial charge in [-0.15, -0.1) is 0 Å². The van der Waals surface area contributed by atoms with Gasteiger partial charge in [0, 0.05) is 11.1 Å². The molecule has 0 aliphatic rings. The maximum absolute atomic E-state index is 5.91. The molecule has 0 aliphatic heterocycles. The van der Waals surface area contributed by atoms with E-state index in [2.05, 4.69) is 31.0 Å². The van der Waals surface area contributed by atoms with Gasteiger partial charge in [-0.05, 0) is 34.1 Å².